The zero-order valence-corrected chi connectivity index (χ0v) is 6.02. The van der Waals surface area contributed by atoms with E-state index in [1.54, 1.807) is 0 Å². The lowest BCUT2D eigenvalue weighted by Crippen LogP contribution is -2.18. The van der Waals surface area contributed by atoms with Crippen LogP contribution in [-0.4, -0.2) is 19.3 Å². The van der Waals surface area contributed by atoms with Gasteiger partial charge < -0.3 is 5.32 Å². The minimum atomic E-state index is -0.606. The zero-order valence-electron chi connectivity index (χ0n) is 6.02. The molecule has 0 amide bonds. The van der Waals surface area contributed by atoms with E-state index < -0.39 is 6.17 Å². The minimum Gasteiger partial charge on any atom is -0.313 e. The van der Waals surface area contributed by atoms with E-state index in [9.17, 15) is 4.39 Å². The van der Waals surface area contributed by atoms with Gasteiger partial charge in [0, 0.05) is 19.0 Å². The van der Waals surface area contributed by atoms with Crippen LogP contribution in [0, 0.1) is 11.8 Å². The predicted molar refractivity (Wildman–Crippen MR) is 36.1 cm³/mol. The second kappa shape index (κ2) is 2.65. The molecule has 1 aliphatic heterocycles. The zero-order chi connectivity index (χ0) is 6.85. The number of alkyl halides is 1. The molecule has 2 heteroatoms. The van der Waals surface area contributed by atoms with Crippen molar-refractivity contribution >= 4 is 0 Å². The molecule has 0 saturated carbocycles. The molecule has 54 valence electrons. The van der Waals surface area contributed by atoms with Crippen molar-refractivity contribution in [2.75, 3.05) is 13.1 Å². The molecule has 0 unspecified atom stereocenters. The highest BCUT2D eigenvalue weighted by atomic mass is 19.1. The van der Waals surface area contributed by atoms with Gasteiger partial charge in [-0.15, -0.1) is 0 Å². The standard InChI is InChI=1S/C7H14FN/c1-5(2)6-3-9-4-7(6)8/h5-7,9H,3-4H2,1-2H3/t6-,7-/m0/s1. The van der Waals surface area contributed by atoms with Crippen LogP contribution in [0.1, 0.15) is 13.8 Å². The molecule has 1 rings (SSSR count). The van der Waals surface area contributed by atoms with Crippen molar-refractivity contribution < 1.29 is 4.39 Å². The first-order valence-electron chi connectivity index (χ1n) is 3.56. The van der Waals surface area contributed by atoms with Gasteiger partial charge in [-0.3, -0.25) is 0 Å². The quantitative estimate of drug-likeness (QED) is 0.564. The van der Waals surface area contributed by atoms with Crippen LogP contribution < -0.4 is 5.32 Å². The molecule has 0 bridgehead atoms. The molecule has 0 aromatic carbocycles. The number of rotatable bonds is 1. The third-order valence-electron chi connectivity index (χ3n) is 2.04. The summed E-state index contributed by atoms with van der Waals surface area (Å²) >= 11 is 0. The number of hydrogen-bond acceptors (Lipinski definition) is 1. The first kappa shape index (κ1) is 7.00. The van der Waals surface area contributed by atoms with E-state index in [1.807, 2.05) is 0 Å². The summed E-state index contributed by atoms with van der Waals surface area (Å²) in [6.07, 6.45) is -0.606. The van der Waals surface area contributed by atoms with Gasteiger partial charge in [0.2, 0.25) is 0 Å². The fourth-order valence-corrected chi connectivity index (χ4v) is 1.32. The SMILES string of the molecule is CC(C)[C@@H]1CNC[C@@H]1F. The van der Waals surface area contributed by atoms with E-state index >= 15 is 0 Å². The van der Waals surface area contributed by atoms with Crippen LogP contribution in [0.3, 0.4) is 0 Å². The van der Waals surface area contributed by atoms with E-state index in [0.29, 0.717) is 12.5 Å². The topological polar surface area (TPSA) is 12.0 Å². The molecule has 1 heterocycles. The van der Waals surface area contributed by atoms with Gasteiger partial charge >= 0.3 is 0 Å². The Balaban J connectivity index is 2.40. The van der Waals surface area contributed by atoms with Gasteiger partial charge in [0.15, 0.2) is 0 Å². The molecule has 0 aromatic heterocycles. The van der Waals surface area contributed by atoms with Gasteiger partial charge in [0.25, 0.3) is 0 Å². The summed E-state index contributed by atoms with van der Waals surface area (Å²) in [5.41, 5.74) is 0. The van der Waals surface area contributed by atoms with Gasteiger partial charge in [-0.25, -0.2) is 4.39 Å². The normalized spacial score (nSPS) is 36.0. The number of nitrogens with one attached hydrogen (secondary N) is 1. The van der Waals surface area contributed by atoms with Gasteiger partial charge in [0.1, 0.15) is 6.17 Å². The third kappa shape index (κ3) is 1.42. The summed E-state index contributed by atoms with van der Waals surface area (Å²) < 4.78 is 12.8. The highest BCUT2D eigenvalue weighted by molar-refractivity contribution is 4.82. The Labute approximate surface area is 55.6 Å². The molecule has 0 radical (unpaired) electrons. The average Bonchev–Trinajstić information content (AvgIpc) is 2.13. The Morgan fingerprint density at radius 3 is 2.33 bits per heavy atom. The molecule has 1 N–H and O–H groups in total. The summed E-state index contributed by atoms with van der Waals surface area (Å²) in [6.45, 7) is 5.57. The van der Waals surface area contributed by atoms with E-state index in [0.717, 1.165) is 6.54 Å². The van der Waals surface area contributed by atoms with Crippen LogP contribution in [0.2, 0.25) is 0 Å². The van der Waals surface area contributed by atoms with E-state index in [1.165, 1.54) is 0 Å². The number of halogens is 1. The molecule has 1 saturated heterocycles. The van der Waals surface area contributed by atoms with E-state index in [-0.39, 0.29) is 5.92 Å². The molecule has 1 aliphatic rings. The van der Waals surface area contributed by atoms with Crippen molar-refractivity contribution in [3.8, 4) is 0 Å². The molecule has 1 nitrogen and oxygen atoms in total. The summed E-state index contributed by atoms with van der Waals surface area (Å²) in [6, 6.07) is 0. The summed E-state index contributed by atoms with van der Waals surface area (Å²) in [7, 11) is 0. The Kier molecular flexibility index (Phi) is 2.06. The van der Waals surface area contributed by atoms with Gasteiger partial charge in [-0.05, 0) is 5.92 Å². The monoisotopic (exact) mass is 131 g/mol. The Morgan fingerprint density at radius 1 is 1.44 bits per heavy atom. The predicted octanol–water partition coefficient (Wildman–Crippen LogP) is 1.20. The lowest BCUT2D eigenvalue weighted by atomic mass is 9.94. The fourth-order valence-electron chi connectivity index (χ4n) is 1.32. The second-order valence-electron chi connectivity index (χ2n) is 3.08. The maximum absolute atomic E-state index is 12.8. The Hall–Kier alpha value is -0.110. The second-order valence-corrected chi connectivity index (χ2v) is 3.08. The van der Waals surface area contributed by atoms with Crippen molar-refractivity contribution in [3.05, 3.63) is 0 Å². The lowest BCUT2D eigenvalue weighted by Gasteiger charge is -2.14. The van der Waals surface area contributed by atoms with Crippen molar-refractivity contribution in [1.29, 1.82) is 0 Å². The highest BCUT2D eigenvalue weighted by Gasteiger charge is 2.28. The highest BCUT2D eigenvalue weighted by Crippen LogP contribution is 2.20. The first-order valence-corrected chi connectivity index (χ1v) is 3.56. The molecule has 0 spiro atoms. The van der Waals surface area contributed by atoms with Crippen molar-refractivity contribution in [1.82, 2.24) is 5.32 Å². The molecule has 0 aromatic rings. The van der Waals surface area contributed by atoms with Crippen LogP contribution >= 0.6 is 0 Å². The van der Waals surface area contributed by atoms with Crippen LogP contribution in [0.15, 0.2) is 0 Å². The lowest BCUT2D eigenvalue weighted by molar-refractivity contribution is 0.234. The van der Waals surface area contributed by atoms with Crippen LogP contribution in [0.5, 0.6) is 0 Å². The van der Waals surface area contributed by atoms with Crippen LogP contribution in [0.25, 0.3) is 0 Å². The Morgan fingerprint density at radius 2 is 2.11 bits per heavy atom. The van der Waals surface area contributed by atoms with E-state index in [2.05, 4.69) is 19.2 Å². The van der Waals surface area contributed by atoms with Crippen molar-refractivity contribution in [3.63, 3.8) is 0 Å². The summed E-state index contributed by atoms with van der Waals surface area (Å²) in [5.74, 6) is 0.736. The molecular weight excluding hydrogens is 117 g/mol. The Bertz CT molecular complexity index is 92.9. The molecular formula is C7H14FN. The fraction of sp³-hybridized carbons (Fsp3) is 1.00. The first-order chi connectivity index (χ1) is 4.22. The minimum absolute atomic E-state index is 0.255. The maximum Gasteiger partial charge on any atom is 0.117 e. The van der Waals surface area contributed by atoms with Crippen molar-refractivity contribution in [2.45, 2.75) is 20.0 Å². The number of hydrogen-bond donors (Lipinski definition) is 1. The van der Waals surface area contributed by atoms with Crippen LogP contribution in [-0.2, 0) is 0 Å². The van der Waals surface area contributed by atoms with Crippen molar-refractivity contribution in [2.24, 2.45) is 11.8 Å². The largest absolute Gasteiger partial charge is 0.313 e. The van der Waals surface area contributed by atoms with Gasteiger partial charge in [-0.1, -0.05) is 13.8 Å². The molecule has 1 fully saturated rings. The van der Waals surface area contributed by atoms with Crippen LogP contribution in [0.4, 0.5) is 4.39 Å². The molecule has 2 atom stereocenters. The summed E-state index contributed by atoms with van der Waals surface area (Å²) in [5, 5.41) is 3.03. The van der Waals surface area contributed by atoms with Gasteiger partial charge in [-0.2, -0.15) is 0 Å². The molecule has 0 aliphatic carbocycles. The average molecular weight is 131 g/mol. The van der Waals surface area contributed by atoms with Gasteiger partial charge in [0.05, 0.1) is 0 Å². The third-order valence-corrected chi connectivity index (χ3v) is 2.04. The maximum atomic E-state index is 12.8. The molecule has 9 heavy (non-hydrogen) atoms. The smallest absolute Gasteiger partial charge is 0.117 e. The summed E-state index contributed by atoms with van der Waals surface area (Å²) in [4.78, 5) is 0. The van der Waals surface area contributed by atoms with E-state index in [4.69, 9.17) is 0 Å².